The third-order valence-electron chi connectivity index (χ3n) is 4.32. The molecule has 0 spiro atoms. The van der Waals surface area contributed by atoms with Gasteiger partial charge in [-0.3, -0.25) is 4.79 Å². The summed E-state index contributed by atoms with van der Waals surface area (Å²) in [7, 11) is 0. The number of ether oxygens (including phenoxy) is 2. The topological polar surface area (TPSA) is 79.8 Å². The lowest BCUT2D eigenvalue weighted by molar-refractivity contribution is 0.0431. The van der Waals surface area contributed by atoms with E-state index in [-0.39, 0.29) is 11.9 Å². The summed E-state index contributed by atoms with van der Waals surface area (Å²) in [5.74, 6) is 0.996. The maximum absolute atomic E-state index is 12.1. The normalized spacial score (nSPS) is 17.3. The minimum Gasteiger partial charge on any atom is -0.492 e. The van der Waals surface area contributed by atoms with E-state index in [0.717, 1.165) is 5.56 Å². The van der Waals surface area contributed by atoms with Crippen LogP contribution in [0.4, 0.5) is 0 Å². The van der Waals surface area contributed by atoms with Crippen molar-refractivity contribution in [3.05, 3.63) is 59.7 Å². The Balaban J connectivity index is 1.52. The first kappa shape index (κ1) is 19.2. The van der Waals surface area contributed by atoms with E-state index in [0.29, 0.717) is 30.2 Å². The van der Waals surface area contributed by atoms with E-state index in [9.17, 15) is 9.90 Å². The van der Waals surface area contributed by atoms with E-state index in [1.54, 1.807) is 32.0 Å². The molecular formula is C21H26N2O4. The number of benzene rings is 2. The van der Waals surface area contributed by atoms with E-state index in [4.69, 9.17) is 9.47 Å². The van der Waals surface area contributed by atoms with Gasteiger partial charge in [-0.1, -0.05) is 30.3 Å². The van der Waals surface area contributed by atoms with Gasteiger partial charge in [0, 0.05) is 18.7 Å². The van der Waals surface area contributed by atoms with Gasteiger partial charge in [0.1, 0.15) is 18.1 Å². The van der Waals surface area contributed by atoms with Gasteiger partial charge in [0.15, 0.2) is 5.72 Å². The van der Waals surface area contributed by atoms with Gasteiger partial charge in [-0.2, -0.15) is 0 Å². The van der Waals surface area contributed by atoms with Crippen LogP contribution in [-0.4, -0.2) is 35.9 Å². The predicted octanol–water partition coefficient (Wildman–Crippen LogP) is 2.64. The van der Waals surface area contributed by atoms with Crippen molar-refractivity contribution in [3.63, 3.8) is 0 Å². The number of carbonyl (C=O) groups is 1. The van der Waals surface area contributed by atoms with Crippen molar-refractivity contribution in [2.75, 3.05) is 13.2 Å². The van der Waals surface area contributed by atoms with Gasteiger partial charge in [-0.25, -0.2) is 0 Å². The average Bonchev–Trinajstić information content (AvgIpc) is 2.63. The standard InChI is InChI=1S/C21H26N2O4/c1-14(22-12-18(24)15-7-5-4-6-8-15)13-26-16-9-10-17-19(11-16)27-21(2,3)23-20(17)25/h4-11,14,18,22,24H,12-13H2,1-3H3,(H,23,25). The third kappa shape index (κ3) is 4.99. The molecule has 0 bridgehead atoms. The molecule has 2 atom stereocenters. The highest BCUT2D eigenvalue weighted by atomic mass is 16.5. The molecule has 6 nitrogen and oxygen atoms in total. The summed E-state index contributed by atoms with van der Waals surface area (Å²) in [6.45, 7) is 6.45. The molecule has 0 saturated carbocycles. The van der Waals surface area contributed by atoms with E-state index in [2.05, 4.69) is 10.6 Å². The van der Waals surface area contributed by atoms with Gasteiger partial charge in [0.25, 0.3) is 5.91 Å². The Morgan fingerprint density at radius 3 is 2.70 bits per heavy atom. The fourth-order valence-corrected chi connectivity index (χ4v) is 2.89. The van der Waals surface area contributed by atoms with Crippen molar-refractivity contribution in [1.29, 1.82) is 0 Å². The molecule has 0 saturated heterocycles. The Bertz CT molecular complexity index is 792. The second-order valence-electron chi connectivity index (χ2n) is 7.27. The molecule has 3 rings (SSSR count). The molecule has 0 radical (unpaired) electrons. The summed E-state index contributed by atoms with van der Waals surface area (Å²) in [5.41, 5.74) is 0.634. The summed E-state index contributed by atoms with van der Waals surface area (Å²) in [4.78, 5) is 12.1. The Labute approximate surface area is 159 Å². The van der Waals surface area contributed by atoms with Crippen LogP contribution in [0.2, 0.25) is 0 Å². The van der Waals surface area contributed by atoms with Crippen molar-refractivity contribution in [2.24, 2.45) is 0 Å². The lowest BCUT2D eigenvalue weighted by Gasteiger charge is -2.33. The van der Waals surface area contributed by atoms with Crippen LogP contribution in [0.3, 0.4) is 0 Å². The second-order valence-corrected chi connectivity index (χ2v) is 7.27. The van der Waals surface area contributed by atoms with Crippen LogP contribution >= 0.6 is 0 Å². The molecule has 2 aromatic carbocycles. The first-order valence-corrected chi connectivity index (χ1v) is 9.09. The van der Waals surface area contributed by atoms with Gasteiger partial charge in [0.2, 0.25) is 0 Å². The fraction of sp³-hybridized carbons (Fsp3) is 0.381. The number of hydrogen-bond donors (Lipinski definition) is 3. The summed E-state index contributed by atoms with van der Waals surface area (Å²) in [6, 6.07) is 14.8. The van der Waals surface area contributed by atoms with Crippen LogP contribution < -0.4 is 20.1 Å². The van der Waals surface area contributed by atoms with Crippen molar-refractivity contribution >= 4 is 5.91 Å². The fourth-order valence-electron chi connectivity index (χ4n) is 2.89. The number of aliphatic hydroxyl groups excluding tert-OH is 1. The number of carbonyl (C=O) groups excluding carboxylic acids is 1. The number of rotatable bonds is 7. The van der Waals surface area contributed by atoms with Crippen LogP contribution in [0.25, 0.3) is 0 Å². The summed E-state index contributed by atoms with van der Waals surface area (Å²) < 4.78 is 11.6. The summed E-state index contributed by atoms with van der Waals surface area (Å²) in [5, 5.41) is 16.3. The molecule has 1 amide bonds. The largest absolute Gasteiger partial charge is 0.492 e. The predicted molar refractivity (Wildman–Crippen MR) is 103 cm³/mol. The minimum atomic E-state index is -0.745. The molecule has 144 valence electrons. The van der Waals surface area contributed by atoms with Gasteiger partial charge >= 0.3 is 0 Å². The maximum atomic E-state index is 12.1. The lowest BCUT2D eigenvalue weighted by atomic mass is 10.1. The molecule has 0 aromatic heterocycles. The summed E-state index contributed by atoms with van der Waals surface area (Å²) in [6.07, 6.45) is -0.563. The smallest absolute Gasteiger partial charge is 0.258 e. The minimum absolute atomic E-state index is 0.0417. The maximum Gasteiger partial charge on any atom is 0.258 e. The van der Waals surface area contributed by atoms with Gasteiger partial charge in [-0.05, 0) is 38.5 Å². The molecule has 3 N–H and O–H groups in total. The lowest BCUT2D eigenvalue weighted by Crippen LogP contribution is -2.51. The Morgan fingerprint density at radius 2 is 1.96 bits per heavy atom. The molecule has 27 heavy (non-hydrogen) atoms. The zero-order chi connectivity index (χ0) is 19.4. The molecule has 2 aromatic rings. The van der Waals surface area contributed by atoms with Crippen LogP contribution in [0.5, 0.6) is 11.5 Å². The number of fused-ring (bicyclic) bond motifs is 1. The zero-order valence-electron chi connectivity index (χ0n) is 15.9. The van der Waals surface area contributed by atoms with Gasteiger partial charge in [0.05, 0.1) is 11.7 Å². The second kappa shape index (κ2) is 7.98. The number of nitrogens with one attached hydrogen (secondary N) is 2. The summed E-state index contributed by atoms with van der Waals surface area (Å²) >= 11 is 0. The van der Waals surface area contributed by atoms with Crippen molar-refractivity contribution < 1.29 is 19.4 Å². The molecule has 0 fully saturated rings. The first-order chi connectivity index (χ1) is 12.8. The third-order valence-corrected chi connectivity index (χ3v) is 4.32. The van der Waals surface area contributed by atoms with Crippen LogP contribution in [0.15, 0.2) is 48.5 Å². The first-order valence-electron chi connectivity index (χ1n) is 9.09. The molecule has 0 aliphatic carbocycles. The van der Waals surface area contributed by atoms with Gasteiger partial charge in [-0.15, -0.1) is 0 Å². The number of hydrogen-bond acceptors (Lipinski definition) is 5. The van der Waals surface area contributed by atoms with Crippen LogP contribution in [-0.2, 0) is 0 Å². The van der Waals surface area contributed by atoms with Crippen LogP contribution in [0, 0.1) is 0 Å². The Hall–Kier alpha value is -2.57. The van der Waals surface area contributed by atoms with Crippen molar-refractivity contribution in [1.82, 2.24) is 10.6 Å². The molecule has 2 unspecified atom stereocenters. The zero-order valence-corrected chi connectivity index (χ0v) is 15.9. The highest BCUT2D eigenvalue weighted by molar-refractivity contribution is 5.98. The molecule has 1 aliphatic rings. The van der Waals surface area contributed by atoms with E-state index < -0.39 is 11.8 Å². The van der Waals surface area contributed by atoms with E-state index in [1.807, 2.05) is 37.3 Å². The number of aliphatic hydroxyl groups is 1. The Morgan fingerprint density at radius 1 is 1.22 bits per heavy atom. The molecule has 6 heteroatoms. The monoisotopic (exact) mass is 370 g/mol. The highest BCUT2D eigenvalue weighted by Gasteiger charge is 2.31. The number of amides is 1. The van der Waals surface area contributed by atoms with Crippen molar-refractivity contribution in [2.45, 2.75) is 38.6 Å². The van der Waals surface area contributed by atoms with E-state index in [1.165, 1.54) is 0 Å². The van der Waals surface area contributed by atoms with Crippen molar-refractivity contribution in [3.8, 4) is 11.5 Å². The van der Waals surface area contributed by atoms with Gasteiger partial charge < -0.3 is 25.2 Å². The average molecular weight is 370 g/mol. The SMILES string of the molecule is CC(COc1ccc2c(c1)OC(C)(C)NC2=O)NCC(O)c1ccccc1. The quantitative estimate of drug-likeness (QED) is 0.698. The van der Waals surface area contributed by atoms with E-state index >= 15 is 0 Å². The van der Waals surface area contributed by atoms with Crippen LogP contribution in [0.1, 0.15) is 42.8 Å². The highest BCUT2D eigenvalue weighted by Crippen LogP contribution is 2.31. The molecule has 1 aliphatic heterocycles. The Kier molecular flexibility index (Phi) is 5.68. The molecule has 1 heterocycles. The molecular weight excluding hydrogens is 344 g/mol.